The van der Waals surface area contributed by atoms with Crippen molar-refractivity contribution >= 4 is 30.4 Å². The van der Waals surface area contributed by atoms with E-state index in [2.05, 4.69) is 37.3 Å². The fraction of sp³-hybridized carbons (Fsp3) is 0.542. The molecule has 2 fully saturated rings. The van der Waals surface area contributed by atoms with Crippen molar-refractivity contribution in [1.29, 1.82) is 0 Å². The van der Waals surface area contributed by atoms with Gasteiger partial charge in [-0.2, -0.15) is 0 Å². The van der Waals surface area contributed by atoms with Crippen LogP contribution < -0.4 is 5.32 Å². The van der Waals surface area contributed by atoms with Gasteiger partial charge in [-0.3, -0.25) is 5.32 Å². The summed E-state index contributed by atoms with van der Waals surface area (Å²) in [7, 11) is 0. The number of piperidine rings is 1. The molecule has 8 atom stereocenters. The maximum absolute atomic E-state index is 12.1. The molecule has 0 aromatic rings. The van der Waals surface area contributed by atoms with Crippen molar-refractivity contribution < 1.29 is 33.6 Å². The lowest BCUT2D eigenvalue weighted by molar-refractivity contribution is -0.181. The molecule has 190 valence electrons. The largest absolute Gasteiger partial charge is 0.480 e. The Balaban J connectivity index is 1.22. The average Bonchev–Trinajstić information content (AvgIpc) is 3.23. The molecule has 7 unspecified atom stereocenters. The number of fused-ring (bicyclic) bond motifs is 3. The third kappa shape index (κ3) is 4.09. The maximum atomic E-state index is 12.1. The molecule has 2 saturated heterocycles. The molecule has 12 heteroatoms. The minimum Gasteiger partial charge on any atom is -0.480 e. The van der Waals surface area contributed by atoms with Crippen LogP contribution in [0.5, 0.6) is 0 Å². The monoisotopic (exact) mass is 497 g/mol. The van der Waals surface area contributed by atoms with Crippen molar-refractivity contribution in [2.24, 2.45) is 26.8 Å². The number of urea groups is 1. The zero-order valence-corrected chi connectivity index (χ0v) is 19.6. The summed E-state index contributed by atoms with van der Waals surface area (Å²) in [5.74, 6) is -0.663. The van der Waals surface area contributed by atoms with E-state index in [-0.39, 0.29) is 24.6 Å². The van der Waals surface area contributed by atoms with Crippen molar-refractivity contribution in [2.45, 2.75) is 56.8 Å². The first-order valence-electron chi connectivity index (χ1n) is 12.0. The molecule has 0 aromatic carbocycles. The van der Waals surface area contributed by atoms with Crippen molar-refractivity contribution in [1.82, 2.24) is 10.2 Å². The highest BCUT2D eigenvalue weighted by molar-refractivity contribution is 6.06. The van der Waals surface area contributed by atoms with E-state index in [0.29, 0.717) is 5.84 Å². The van der Waals surface area contributed by atoms with Gasteiger partial charge in [0.15, 0.2) is 12.5 Å². The molecule has 36 heavy (non-hydrogen) atoms. The van der Waals surface area contributed by atoms with Crippen LogP contribution in [-0.2, 0) is 23.7 Å². The van der Waals surface area contributed by atoms with Gasteiger partial charge in [-0.1, -0.05) is 24.3 Å². The predicted octanol–water partition coefficient (Wildman–Crippen LogP) is 1.21. The average molecular weight is 498 g/mol. The highest BCUT2D eigenvalue weighted by Gasteiger charge is 2.62. The minimum atomic E-state index is -1.05. The molecular formula is C24H27N5O7. The molecule has 0 saturated carbocycles. The highest BCUT2D eigenvalue weighted by Crippen LogP contribution is 2.54. The number of allylic oxidation sites excluding steroid dienone is 4. The van der Waals surface area contributed by atoms with Gasteiger partial charge < -0.3 is 29.0 Å². The topological polar surface area (TPSA) is 144 Å². The van der Waals surface area contributed by atoms with Crippen molar-refractivity contribution in [3.8, 4) is 0 Å². The van der Waals surface area contributed by atoms with Gasteiger partial charge in [0.2, 0.25) is 0 Å². The van der Waals surface area contributed by atoms with Gasteiger partial charge in [-0.15, -0.1) is 0 Å². The number of carboxylic acid groups (broad SMARTS) is 1. The second-order valence-electron chi connectivity index (χ2n) is 9.30. The quantitative estimate of drug-likeness (QED) is 0.521. The van der Waals surface area contributed by atoms with Crippen molar-refractivity contribution in [3.05, 3.63) is 35.6 Å². The van der Waals surface area contributed by atoms with Crippen LogP contribution >= 0.6 is 0 Å². The number of hydrogen-bond donors (Lipinski definition) is 2. The standard InChI is InChI=1S/C24H27N5O7/c1-2-25-24(32)28-20-17-13-8-14(13)29(21(17)27-11-26-20)22-19-18(15(34-22)9-33-10-16(30)31)35-23(36-19)12-6-4-3-5-7-12/h2-6,11-12,15,17-19,21-23H,7-10H2,1H3,(H,30,31)(H,26,27,28,32)/t12?,15?,17?,18?,19?,21?,22?,23-/m0/s1. The molecule has 0 bridgehead atoms. The molecule has 0 radical (unpaired) electrons. The fourth-order valence-electron chi connectivity index (χ4n) is 5.55. The van der Waals surface area contributed by atoms with Gasteiger partial charge in [0, 0.05) is 24.3 Å². The number of rotatable bonds is 6. The number of nitrogens with zero attached hydrogens (tertiary/aromatic N) is 4. The molecule has 0 aromatic heterocycles. The predicted molar refractivity (Wildman–Crippen MR) is 126 cm³/mol. The van der Waals surface area contributed by atoms with Gasteiger partial charge in [-0.25, -0.2) is 24.6 Å². The number of nitrogens with one attached hydrogen (secondary N) is 1. The summed E-state index contributed by atoms with van der Waals surface area (Å²) in [5, 5.41) is 11.8. The molecule has 0 spiro atoms. The van der Waals surface area contributed by atoms with Crippen LogP contribution in [0.15, 0.2) is 50.6 Å². The van der Waals surface area contributed by atoms with Gasteiger partial charge in [0.25, 0.3) is 0 Å². The Kier molecular flexibility index (Phi) is 6.04. The number of amidine groups is 1. The lowest BCUT2D eigenvalue weighted by atomic mass is 9.99. The number of hydrogen-bond acceptors (Lipinski definition) is 9. The number of carbonyl (C=O) groups is 2. The fourth-order valence-corrected chi connectivity index (χ4v) is 5.55. The van der Waals surface area contributed by atoms with Crippen LogP contribution in [0.3, 0.4) is 0 Å². The van der Waals surface area contributed by atoms with Crippen LogP contribution in [0.2, 0.25) is 0 Å². The Morgan fingerprint density at radius 3 is 2.94 bits per heavy atom. The van der Waals surface area contributed by atoms with Crippen molar-refractivity contribution in [3.63, 3.8) is 0 Å². The van der Waals surface area contributed by atoms with E-state index >= 15 is 0 Å². The summed E-state index contributed by atoms with van der Waals surface area (Å²) < 4.78 is 24.6. The van der Waals surface area contributed by atoms with E-state index < -0.39 is 49.4 Å². The highest BCUT2D eigenvalue weighted by atomic mass is 16.8. The molecule has 2 N–H and O–H groups in total. The summed E-state index contributed by atoms with van der Waals surface area (Å²) in [6.45, 7) is 1.32. The third-order valence-electron chi connectivity index (χ3n) is 7.08. The summed E-state index contributed by atoms with van der Waals surface area (Å²) in [6, 6.07) is -0.482. The van der Waals surface area contributed by atoms with E-state index in [9.17, 15) is 9.59 Å². The number of likely N-dealkylation sites (tertiary alicyclic amines) is 1. The maximum Gasteiger partial charge on any atom is 0.345 e. The summed E-state index contributed by atoms with van der Waals surface area (Å²) in [6.07, 6.45) is 9.93. The number of aliphatic carboxylic acids is 1. The second-order valence-corrected chi connectivity index (χ2v) is 9.30. The molecule has 12 nitrogen and oxygen atoms in total. The Labute approximate surface area is 207 Å². The molecule has 4 aliphatic heterocycles. The van der Waals surface area contributed by atoms with Crippen LogP contribution in [0.25, 0.3) is 0 Å². The Hall–Kier alpha value is -3.19. The van der Waals surface area contributed by atoms with Crippen LogP contribution in [0.1, 0.15) is 19.8 Å². The van der Waals surface area contributed by atoms with Crippen LogP contribution in [0, 0.1) is 11.8 Å². The van der Waals surface area contributed by atoms with Gasteiger partial charge >= 0.3 is 12.0 Å². The molecule has 6 rings (SSSR count). The summed E-state index contributed by atoms with van der Waals surface area (Å²) in [4.78, 5) is 37.8. The SMILES string of the molecule is CC=NC(=O)NC1=NC=NC2C1C1=C(C1)N2C1OC(COCC(=O)O)C2O[C@H](C3C=CC=CC3)OC21. The third-order valence-corrected chi connectivity index (χ3v) is 7.08. The minimum absolute atomic E-state index is 0.0648. The number of amides is 2. The zero-order chi connectivity index (χ0) is 24.8. The molecule has 2 aliphatic carbocycles. The van der Waals surface area contributed by atoms with Gasteiger partial charge in [0.1, 0.15) is 43.3 Å². The van der Waals surface area contributed by atoms with E-state index in [0.717, 1.165) is 24.1 Å². The second kappa shape index (κ2) is 9.36. The molecule has 2 amide bonds. The number of carbonyl (C=O) groups excluding carboxylic acids is 1. The lowest BCUT2D eigenvalue weighted by Crippen LogP contribution is -2.51. The van der Waals surface area contributed by atoms with Crippen LogP contribution in [-0.4, -0.2) is 90.6 Å². The van der Waals surface area contributed by atoms with E-state index in [1.54, 1.807) is 6.92 Å². The molecule has 6 aliphatic rings. The van der Waals surface area contributed by atoms with E-state index in [4.69, 9.17) is 24.1 Å². The number of carboxylic acids is 1. The first-order valence-corrected chi connectivity index (χ1v) is 12.0. The number of ether oxygens (including phenoxy) is 4. The summed E-state index contributed by atoms with van der Waals surface area (Å²) >= 11 is 0. The Bertz CT molecular complexity index is 1130. The van der Waals surface area contributed by atoms with Gasteiger partial charge in [0.05, 0.1) is 12.5 Å². The van der Waals surface area contributed by atoms with E-state index in [1.807, 2.05) is 12.2 Å². The number of aliphatic imine (C=N–C) groups is 3. The van der Waals surface area contributed by atoms with Crippen LogP contribution in [0.4, 0.5) is 4.79 Å². The summed E-state index contributed by atoms with van der Waals surface area (Å²) in [5.41, 5.74) is 2.24. The van der Waals surface area contributed by atoms with E-state index in [1.165, 1.54) is 12.6 Å². The van der Waals surface area contributed by atoms with Crippen molar-refractivity contribution in [2.75, 3.05) is 13.2 Å². The lowest BCUT2D eigenvalue weighted by Gasteiger charge is -2.38. The first kappa shape index (κ1) is 23.2. The molecular weight excluding hydrogens is 470 g/mol. The smallest absolute Gasteiger partial charge is 0.345 e. The zero-order valence-electron chi connectivity index (χ0n) is 19.6. The Morgan fingerprint density at radius 1 is 1.31 bits per heavy atom. The molecule has 4 heterocycles. The van der Waals surface area contributed by atoms with Gasteiger partial charge in [-0.05, 0) is 18.9 Å². The normalized spacial score (nSPS) is 37.8. The first-order chi connectivity index (χ1) is 17.5. The Morgan fingerprint density at radius 2 is 2.17 bits per heavy atom.